The number of allylic oxidation sites excluding steroid dienone is 4. The van der Waals surface area contributed by atoms with Gasteiger partial charge >= 0.3 is 5.97 Å². The third-order valence-electron chi connectivity index (χ3n) is 4.99. The highest BCUT2D eigenvalue weighted by Crippen LogP contribution is 2.34. The molecule has 0 aromatic carbocycles. The van der Waals surface area contributed by atoms with E-state index in [0.29, 0.717) is 11.8 Å². The van der Waals surface area contributed by atoms with Crippen LogP contribution in [0.15, 0.2) is 24.3 Å². The van der Waals surface area contributed by atoms with Crippen LogP contribution in [-0.4, -0.2) is 22.3 Å². The summed E-state index contributed by atoms with van der Waals surface area (Å²) in [6.07, 6.45) is 21.0. The van der Waals surface area contributed by atoms with Gasteiger partial charge in [-0.3, -0.25) is 4.79 Å². The van der Waals surface area contributed by atoms with Gasteiger partial charge in [0.05, 0.1) is 6.10 Å². The van der Waals surface area contributed by atoms with Crippen molar-refractivity contribution >= 4 is 5.97 Å². The van der Waals surface area contributed by atoms with E-state index >= 15 is 0 Å². The van der Waals surface area contributed by atoms with Crippen molar-refractivity contribution in [1.29, 1.82) is 0 Å². The second kappa shape index (κ2) is 13.2. The normalized spacial score (nSPS) is 24.8. The van der Waals surface area contributed by atoms with Crippen molar-refractivity contribution in [3.8, 4) is 0 Å². The molecule has 3 heteroatoms. The zero-order valence-electron chi connectivity index (χ0n) is 15.3. The van der Waals surface area contributed by atoms with Crippen LogP contribution in [0.1, 0.15) is 84.0 Å². The molecule has 3 atom stereocenters. The molecule has 1 aliphatic rings. The number of hydrogen-bond donors (Lipinski definition) is 2. The third-order valence-corrected chi connectivity index (χ3v) is 4.99. The molecule has 1 aliphatic carbocycles. The highest BCUT2D eigenvalue weighted by atomic mass is 16.4. The fourth-order valence-corrected chi connectivity index (χ4v) is 3.49. The van der Waals surface area contributed by atoms with E-state index in [4.69, 9.17) is 5.11 Å². The molecule has 138 valence electrons. The Kier molecular flexibility index (Phi) is 11.5. The van der Waals surface area contributed by atoms with Crippen LogP contribution >= 0.6 is 0 Å². The maximum absolute atomic E-state index is 10.5. The van der Waals surface area contributed by atoms with Gasteiger partial charge in [0.2, 0.25) is 0 Å². The summed E-state index contributed by atoms with van der Waals surface area (Å²) in [7, 11) is 0. The first-order valence-corrected chi connectivity index (χ1v) is 9.85. The summed E-state index contributed by atoms with van der Waals surface area (Å²) < 4.78 is 0. The van der Waals surface area contributed by atoms with Gasteiger partial charge < -0.3 is 10.2 Å². The molecular weight excluding hydrogens is 300 g/mol. The van der Waals surface area contributed by atoms with Crippen LogP contribution in [-0.2, 0) is 4.79 Å². The van der Waals surface area contributed by atoms with Crippen molar-refractivity contribution < 1.29 is 15.0 Å². The lowest BCUT2D eigenvalue weighted by Gasteiger charge is -2.32. The lowest BCUT2D eigenvalue weighted by Crippen LogP contribution is -2.26. The van der Waals surface area contributed by atoms with Crippen molar-refractivity contribution in [2.75, 3.05) is 0 Å². The molecule has 0 aromatic heterocycles. The minimum atomic E-state index is -0.714. The van der Waals surface area contributed by atoms with Crippen molar-refractivity contribution in [2.45, 2.75) is 90.1 Å². The van der Waals surface area contributed by atoms with E-state index in [9.17, 15) is 9.90 Å². The molecule has 0 spiro atoms. The quantitative estimate of drug-likeness (QED) is 0.366. The zero-order chi connectivity index (χ0) is 17.6. The number of carbonyl (C=O) groups is 1. The second-order valence-corrected chi connectivity index (χ2v) is 7.16. The summed E-state index contributed by atoms with van der Waals surface area (Å²) in [6.45, 7) is 2.24. The standard InChI is InChI=1S/C21H36O3/c1-2-3-4-5-6-10-13-19-17-20(22)16-15-18(19)12-9-7-8-11-14-21(23)24/h7,9-10,13,18-20,22H,2-6,8,11-12,14-17H2,1H3,(H,23,24)/b9-7-,13-10+. The summed E-state index contributed by atoms with van der Waals surface area (Å²) in [5.41, 5.74) is 0. The number of aliphatic hydroxyl groups is 1. The maximum atomic E-state index is 10.5. The average molecular weight is 337 g/mol. The molecule has 0 radical (unpaired) electrons. The Morgan fingerprint density at radius 1 is 1.04 bits per heavy atom. The van der Waals surface area contributed by atoms with Crippen molar-refractivity contribution in [2.24, 2.45) is 11.8 Å². The van der Waals surface area contributed by atoms with E-state index in [0.717, 1.165) is 44.9 Å². The number of aliphatic hydroxyl groups excluding tert-OH is 1. The van der Waals surface area contributed by atoms with Crippen molar-refractivity contribution in [3.63, 3.8) is 0 Å². The van der Waals surface area contributed by atoms with E-state index in [1.807, 2.05) is 0 Å². The number of carboxylic acids is 1. The van der Waals surface area contributed by atoms with E-state index in [-0.39, 0.29) is 12.5 Å². The van der Waals surface area contributed by atoms with Gasteiger partial charge in [-0.1, -0.05) is 50.5 Å². The third kappa shape index (κ3) is 9.92. The molecule has 0 heterocycles. The SMILES string of the molecule is CCCCCC/C=C/C1CC(O)CCC1C/C=C\CCCC(=O)O. The minimum absolute atomic E-state index is 0.143. The smallest absolute Gasteiger partial charge is 0.303 e. The van der Waals surface area contributed by atoms with Gasteiger partial charge in [0.15, 0.2) is 0 Å². The van der Waals surface area contributed by atoms with Crippen LogP contribution in [0.4, 0.5) is 0 Å². The second-order valence-electron chi connectivity index (χ2n) is 7.16. The zero-order valence-corrected chi connectivity index (χ0v) is 15.3. The minimum Gasteiger partial charge on any atom is -0.481 e. The Balaban J connectivity index is 2.32. The van der Waals surface area contributed by atoms with E-state index < -0.39 is 5.97 Å². The highest BCUT2D eigenvalue weighted by Gasteiger charge is 2.26. The Hall–Kier alpha value is -1.09. The summed E-state index contributed by atoms with van der Waals surface area (Å²) in [5.74, 6) is 0.397. The van der Waals surface area contributed by atoms with Crippen LogP contribution in [0.5, 0.6) is 0 Å². The van der Waals surface area contributed by atoms with Crippen LogP contribution in [0.25, 0.3) is 0 Å². The van der Waals surface area contributed by atoms with Crippen molar-refractivity contribution in [3.05, 3.63) is 24.3 Å². The summed E-state index contributed by atoms with van der Waals surface area (Å²) >= 11 is 0. The molecule has 24 heavy (non-hydrogen) atoms. The van der Waals surface area contributed by atoms with Crippen LogP contribution < -0.4 is 0 Å². The summed E-state index contributed by atoms with van der Waals surface area (Å²) in [6, 6.07) is 0. The Bertz CT molecular complexity index is 387. The average Bonchev–Trinajstić information content (AvgIpc) is 2.55. The van der Waals surface area contributed by atoms with E-state index in [1.54, 1.807) is 0 Å². The molecule has 3 unspecified atom stereocenters. The van der Waals surface area contributed by atoms with Gasteiger partial charge in [-0.2, -0.15) is 0 Å². The Morgan fingerprint density at radius 2 is 1.83 bits per heavy atom. The topological polar surface area (TPSA) is 57.5 Å². The lowest BCUT2D eigenvalue weighted by molar-refractivity contribution is -0.137. The number of aliphatic carboxylic acids is 1. The summed E-state index contributed by atoms with van der Waals surface area (Å²) in [4.78, 5) is 10.5. The molecule has 0 aromatic rings. The monoisotopic (exact) mass is 336 g/mol. The number of hydrogen-bond acceptors (Lipinski definition) is 2. The molecular formula is C21H36O3. The van der Waals surface area contributed by atoms with Crippen LogP contribution in [0.2, 0.25) is 0 Å². The number of carboxylic acid groups (broad SMARTS) is 1. The molecule has 0 amide bonds. The van der Waals surface area contributed by atoms with Crippen LogP contribution in [0, 0.1) is 11.8 Å². The van der Waals surface area contributed by atoms with E-state index in [2.05, 4.69) is 31.2 Å². The van der Waals surface area contributed by atoms with Gasteiger partial charge in [0, 0.05) is 6.42 Å². The van der Waals surface area contributed by atoms with Gasteiger partial charge in [0.1, 0.15) is 0 Å². The molecule has 3 nitrogen and oxygen atoms in total. The van der Waals surface area contributed by atoms with Gasteiger partial charge in [-0.05, 0) is 63.2 Å². The number of unbranched alkanes of at least 4 members (excludes halogenated alkanes) is 5. The molecule has 1 saturated carbocycles. The molecule has 0 bridgehead atoms. The first kappa shape index (κ1) is 21.0. The predicted molar refractivity (Wildman–Crippen MR) is 100.0 cm³/mol. The highest BCUT2D eigenvalue weighted by molar-refractivity contribution is 5.66. The Labute approximate surface area is 147 Å². The first-order chi connectivity index (χ1) is 11.6. The molecule has 2 N–H and O–H groups in total. The molecule has 1 fully saturated rings. The van der Waals surface area contributed by atoms with Crippen molar-refractivity contribution in [1.82, 2.24) is 0 Å². The van der Waals surface area contributed by atoms with Gasteiger partial charge in [-0.25, -0.2) is 0 Å². The predicted octanol–water partition coefficient (Wildman–Crippen LogP) is 5.49. The fraction of sp³-hybridized carbons (Fsp3) is 0.762. The molecule has 0 saturated heterocycles. The summed E-state index contributed by atoms with van der Waals surface area (Å²) in [5, 5.41) is 18.6. The number of rotatable bonds is 12. The van der Waals surface area contributed by atoms with Crippen LogP contribution in [0.3, 0.4) is 0 Å². The lowest BCUT2D eigenvalue weighted by atomic mass is 9.76. The Morgan fingerprint density at radius 3 is 2.58 bits per heavy atom. The first-order valence-electron chi connectivity index (χ1n) is 9.85. The largest absolute Gasteiger partial charge is 0.481 e. The molecule has 0 aliphatic heterocycles. The van der Waals surface area contributed by atoms with E-state index in [1.165, 1.54) is 25.7 Å². The molecule has 1 rings (SSSR count). The maximum Gasteiger partial charge on any atom is 0.303 e. The van der Waals surface area contributed by atoms with Gasteiger partial charge in [0.25, 0.3) is 0 Å². The fourth-order valence-electron chi connectivity index (χ4n) is 3.49. The van der Waals surface area contributed by atoms with Gasteiger partial charge in [-0.15, -0.1) is 0 Å².